The van der Waals surface area contributed by atoms with E-state index in [0.29, 0.717) is 74.7 Å². The number of aliphatic hydroxyl groups excluding tert-OH is 2. The maximum atomic E-state index is 12.4. The third-order valence-electron chi connectivity index (χ3n) is 16.1. The first-order chi connectivity index (χ1) is 28.9. The van der Waals surface area contributed by atoms with Gasteiger partial charge in [-0.3, -0.25) is 10.1 Å². The first kappa shape index (κ1) is 44.4. The average molecular weight is 858 g/mol. The molecule has 0 radical (unpaired) electrons. The van der Waals surface area contributed by atoms with Crippen LogP contribution in [0.4, 0.5) is 0 Å². The fraction of sp³-hybridized carbons (Fsp3) is 0.851. The van der Waals surface area contributed by atoms with E-state index in [9.17, 15) is 20.1 Å². The highest BCUT2D eigenvalue weighted by Gasteiger charge is 2.65. The molecule has 14 nitrogen and oxygen atoms in total. The van der Waals surface area contributed by atoms with E-state index in [4.69, 9.17) is 43.0 Å². The van der Waals surface area contributed by atoms with Crippen molar-refractivity contribution in [2.24, 2.45) is 35.5 Å². The molecule has 342 valence electrons. The molecule has 0 aromatic heterocycles. The third-order valence-corrected chi connectivity index (χ3v) is 16.1. The second-order valence-electron chi connectivity index (χ2n) is 20.9. The molecule has 9 aliphatic heterocycles. The number of aliphatic hydroxyl groups is 3. The van der Waals surface area contributed by atoms with Crippen molar-refractivity contribution in [1.29, 1.82) is 0 Å². The monoisotopic (exact) mass is 857 g/mol. The average Bonchev–Trinajstić information content (AvgIpc) is 3.89. The van der Waals surface area contributed by atoms with E-state index in [1.807, 2.05) is 31.2 Å². The van der Waals surface area contributed by atoms with Gasteiger partial charge in [0.25, 0.3) is 0 Å². The Labute approximate surface area is 360 Å². The van der Waals surface area contributed by atoms with Crippen molar-refractivity contribution < 1.29 is 63.1 Å². The zero-order chi connectivity index (χ0) is 43.3. The number of hydrogen-bond acceptors (Lipinski definition) is 13. The van der Waals surface area contributed by atoms with Crippen LogP contribution < -0.4 is 5.32 Å². The van der Waals surface area contributed by atoms with Crippen LogP contribution >= 0.6 is 0 Å². The van der Waals surface area contributed by atoms with Gasteiger partial charge in [0.2, 0.25) is 0 Å². The fourth-order valence-electron chi connectivity index (χ4n) is 12.8. The van der Waals surface area contributed by atoms with E-state index < -0.39 is 77.2 Å². The van der Waals surface area contributed by atoms with Crippen LogP contribution in [-0.2, 0) is 42.7 Å². The number of fused-ring (bicyclic) bond motifs is 5. The second kappa shape index (κ2) is 16.3. The Morgan fingerprint density at radius 2 is 1.69 bits per heavy atom. The molecule has 14 heteroatoms. The first-order valence-corrected chi connectivity index (χ1v) is 23.4. The summed E-state index contributed by atoms with van der Waals surface area (Å²) < 4.78 is 53.8. The molecule has 21 unspecified atom stereocenters. The Balaban J connectivity index is 0.861. The maximum Gasteiger partial charge on any atom is 0.303 e. The van der Waals surface area contributed by atoms with Gasteiger partial charge in [0.15, 0.2) is 23.1 Å². The molecule has 61 heavy (non-hydrogen) atoms. The highest BCUT2D eigenvalue weighted by molar-refractivity contribution is 5.66. The van der Waals surface area contributed by atoms with Gasteiger partial charge in [-0.05, 0) is 61.5 Å². The quantitative estimate of drug-likeness (QED) is 0.190. The van der Waals surface area contributed by atoms with Crippen molar-refractivity contribution in [1.82, 2.24) is 5.32 Å². The molecule has 9 heterocycles. The smallest absolute Gasteiger partial charge is 0.303 e. The van der Waals surface area contributed by atoms with Gasteiger partial charge in [0, 0.05) is 69.2 Å². The number of carboxylic acid groups (broad SMARTS) is 1. The standard InChI is InChI=1S/C47H71NO13/c1-25-18-35-41-37(23-45(59-41)28(4)17-26(2)24-48-45)57-44(21-25,56-35)22-27(3)40-30(6)39(51)31(7)47(53,60-40)42(52)36-20-34-33(54-36)19-29(5)46(58-34)16-15-43(61-46)14-10-12-32(55-43)11-8-9-13-38(49)50/h8,10-11,14,25-26,28-37,39-42,48,51-53H,3,9,12-13,15-24H2,1-2,4-7H3,(H,49,50). The summed E-state index contributed by atoms with van der Waals surface area (Å²) in [5.74, 6) is -5.98. The number of ether oxygens (including phenoxy) is 8. The third kappa shape index (κ3) is 7.94. The Bertz CT molecular complexity index is 1730. The second-order valence-corrected chi connectivity index (χ2v) is 20.9. The van der Waals surface area contributed by atoms with E-state index in [2.05, 4.69) is 39.6 Å². The maximum absolute atomic E-state index is 12.4. The number of carboxylic acids is 1. The van der Waals surface area contributed by atoms with Crippen LogP contribution in [0, 0.1) is 35.5 Å². The molecular weight excluding hydrogens is 787 g/mol. The number of nitrogens with one attached hydrogen (secondary N) is 1. The highest BCUT2D eigenvalue weighted by Crippen LogP contribution is 2.55. The molecule has 3 spiro atoms. The van der Waals surface area contributed by atoms with Gasteiger partial charge >= 0.3 is 5.97 Å². The lowest BCUT2D eigenvalue weighted by molar-refractivity contribution is -0.370. The minimum absolute atomic E-state index is 0.0633. The highest BCUT2D eigenvalue weighted by atomic mass is 16.8. The van der Waals surface area contributed by atoms with Crippen LogP contribution in [0.1, 0.15) is 119 Å². The molecule has 8 fully saturated rings. The normalized spacial score (nSPS) is 53.4. The summed E-state index contributed by atoms with van der Waals surface area (Å²) in [7, 11) is 0. The van der Waals surface area contributed by atoms with Crippen LogP contribution in [0.2, 0.25) is 0 Å². The molecule has 0 aliphatic carbocycles. The van der Waals surface area contributed by atoms with Gasteiger partial charge in [-0.1, -0.05) is 66.3 Å². The number of carbonyl (C=O) groups is 1. The fourth-order valence-corrected chi connectivity index (χ4v) is 12.8. The Kier molecular flexibility index (Phi) is 11.8. The van der Waals surface area contributed by atoms with Crippen LogP contribution in [0.25, 0.3) is 0 Å². The molecule has 5 N–H and O–H groups in total. The summed E-state index contributed by atoms with van der Waals surface area (Å²) in [6, 6.07) is 0. The minimum Gasteiger partial charge on any atom is -0.481 e. The Morgan fingerprint density at radius 3 is 2.46 bits per heavy atom. The van der Waals surface area contributed by atoms with E-state index in [0.717, 1.165) is 25.8 Å². The van der Waals surface area contributed by atoms with Crippen LogP contribution in [0.15, 0.2) is 36.5 Å². The van der Waals surface area contributed by atoms with Gasteiger partial charge in [0.1, 0.15) is 17.9 Å². The molecule has 21 atom stereocenters. The molecule has 8 saturated heterocycles. The van der Waals surface area contributed by atoms with Gasteiger partial charge in [0.05, 0.1) is 48.8 Å². The lowest BCUT2D eigenvalue weighted by Crippen LogP contribution is -2.65. The van der Waals surface area contributed by atoms with Crippen molar-refractivity contribution >= 4 is 5.97 Å². The van der Waals surface area contributed by atoms with Crippen molar-refractivity contribution in [3.8, 4) is 0 Å². The molecule has 0 saturated carbocycles. The summed E-state index contributed by atoms with van der Waals surface area (Å²) in [5, 5.41) is 49.0. The zero-order valence-corrected chi connectivity index (χ0v) is 36.9. The predicted octanol–water partition coefficient (Wildman–Crippen LogP) is 5.23. The summed E-state index contributed by atoms with van der Waals surface area (Å²) >= 11 is 0. The van der Waals surface area contributed by atoms with Crippen LogP contribution in [-0.4, -0.2) is 123 Å². The zero-order valence-electron chi connectivity index (χ0n) is 36.9. The van der Waals surface area contributed by atoms with Gasteiger partial charge in [-0.2, -0.15) is 0 Å². The summed E-state index contributed by atoms with van der Waals surface area (Å²) in [5.41, 5.74) is 0.189. The van der Waals surface area contributed by atoms with Crippen molar-refractivity contribution in [2.45, 2.75) is 209 Å². The molecule has 9 aliphatic rings. The topological polar surface area (TPSA) is 184 Å². The van der Waals surface area contributed by atoms with E-state index in [-0.39, 0.29) is 42.9 Å². The SMILES string of the molecule is C=C(CC12CC(C)CC(O1)C1OC3(CC1O2)NCC(C)CC3C)C1OC(O)(C(O)C2CC3OC4(CCC5(C=CCC(C=CCCC(=O)O)O5)O4)C(C)CC3O2)C(C)C(O)C1C. The van der Waals surface area contributed by atoms with Gasteiger partial charge in [-0.25, -0.2) is 0 Å². The van der Waals surface area contributed by atoms with E-state index in [1.165, 1.54) is 0 Å². The largest absolute Gasteiger partial charge is 0.481 e. The van der Waals surface area contributed by atoms with Gasteiger partial charge in [-0.15, -0.1) is 0 Å². The van der Waals surface area contributed by atoms with Crippen molar-refractivity contribution in [3.05, 3.63) is 36.5 Å². The van der Waals surface area contributed by atoms with Crippen LogP contribution in [0.3, 0.4) is 0 Å². The summed E-state index contributed by atoms with van der Waals surface area (Å²) in [6.45, 7) is 17.8. The summed E-state index contributed by atoms with van der Waals surface area (Å²) in [6.07, 6.45) is 9.08. The first-order valence-electron chi connectivity index (χ1n) is 23.4. The van der Waals surface area contributed by atoms with Crippen molar-refractivity contribution in [2.75, 3.05) is 6.54 Å². The van der Waals surface area contributed by atoms with E-state index >= 15 is 0 Å². The molecule has 2 bridgehead atoms. The number of aliphatic carboxylic acids is 1. The number of rotatable bonds is 9. The van der Waals surface area contributed by atoms with Crippen molar-refractivity contribution in [3.63, 3.8) is 0 Å². The predicted molar refractivity (Wildman–Crippen MR) is 220 cm³/mol. The Morgan fingerprint density at radius 1 is 0.902 bits per heavy atom. The van der Waals surface area contributed by atoms with E-state index in [1.54, 1.807) is 6.92 Å². The lowest BCUT2D eigenvalue weighted by Gasteiger charge is -2.54. The van der Waals surface area contributed by atoms with Crippen LogP contribution in [0.5, 0.6) is 0 Å². The number of piperidine rings is 1. The molecule has 0 aromatic rings. The molecule has 0 aromatic carbocycles. The Hall–Kier alpha value is -1.79. The lowest BCUT2D eigenvalue weighted by atomic mass is 9.74. The van der Waals surface area contributed by atoms with Gasteiger partial charge < -0.3 is 58.3 Å². The number of hydrogen-bond donors (Lipinski definition) is 5. The summed E-state index contributed by atoms with van der Waals surface area (Å²) in [4.78, 5) is 11.0. The number of allylic oxidation sites excluding steroid dienone is 1. The molecular formula is C47H71NO13. The molecule has 9 rings (SSSR count). The minimum atomic E-state index is -2.16. The molecule has 0 amide bonds.